The van der Waals surface area contributed by atoms with Gasteiger partial charge in [0.1, 0.15) is 17.3 Å². The van der Waals surface area contributed by atoms with Crippen LogP contribution in [0.2, 0.25) is 0 Å². The average molecular weight is 677 g/mol. The second-order valence-corrected chi connectivity index (χ2v) is 11.5. The Kier molecular flexibility index (Phi) is 13.6. The maximum Gasteiger partial charge on any atom is 0.255 e. The highest BCUT2D eigenvalue weighted by Gasteiger charge is 2.26. The summed E-state index contributed by atoms with van der Waals surface area (Å²) in [5, 5.41) is 3.14. The number of halogens is 2. The molecule has 2 aliphatic heterocycles. The summed E-state index contributed by atoms with van der Waals surface area (Å²) in [6.07, 6.45) is 1.55. The van der Waals surface area contributed by atoms with Gasteiger partial charge in [0, 0.05) is 50.3 Å². The highest BCUT2D eigenvalue weighted by molar-refractivity contribution is 5.98. The van der Waals surface area contributed by atoms with E-state index >= 15 is 0 Å². The molecule has 1 N–H and O–H groups in total. The Hall–Kier alpha value is -4.01. The van der Waals surface area contributed by atoms with Crippen LogP contribution in [0.5, 0.6) is 11.5 Å². The van der Waals surface area contributed by atoms with E-state index in [0.717, 1.165) is 78.6 Å². The number of hydrogen-bond acceptors (Lipinski definition) is 6. The van der Waals surface area contributed by atoms with Crippen LogP contribution in [0.15, 0.2) is 109 Å². The zero-order chi connectivity index (χ0) is 30.8. The second-order valence-electron chi connectivity index (χ2n) is 11.5. The van der Waals surface area contributed by atoms with Crippen LogP contribution < -0.4 is 19.7 Å². The Balaban J connectivity index is 0.00000250. The number of carbonyl (C=O) groups is 1. The monoisotopic (exact) mass is 675 g/mol. The maximum atomic E-state index is 13.4. The van der Waals surface area contributed by atoms with Gasteiger partial charge in [0.15, 0.2) is 0 Å². The molecule has 248 valence electrons. The summed E-state index contributed by atoms with van der Waals surface area (Å²) in [5.74, 6) is 2.21. The number of fused-ring (bicyclic) bond motifs is 1. The standard InChI is InChI=1S/C38H41N3O4.2ClH/c1-43-35-19-9-8-18-34(35)41-24-22-40(23-25-41)21-11-20-39-38(42)33-17-10-16-31-26-32(28-44-27-29-12-4-2-5-13-29)36(45-37(31)33)30-14-6-3-7-15-30;;/h2-10,12-19H,11,20-28H2,1H3,(H,39,42);2*1H. The lowest BCUT2D eigenvalue weighted by Crippen LogP contribution is -2.47. The molecule has 0 unspecified atom stereocenters. The first-order valence-corrected chi connectivity index (χ1v) is 15.8. The van der Waals surface area contributed by atoms with Crippen LogP contribution in [0.1, 0.15) is 33.5 Å². The lowest BCUT2D eigenvalue weighted by atomic mass is 9.95. The van der Waals surface area contributed by atoms with Gasteiger partial charge in [0.2, 0.25) is 0 Å². The first-order valence-electron chi connectivity index (χ1n) is 15.8. The molecule has 2 heterocycles. The van der Waals surface area contributed by atoms with Gasteiger partial charge in [-0.15, -0.1) is 24.8 Å². The summed E-state index contributed by atoms with van der Waals surface area (Å²) >= 11 is 0. The fourth-order valence-corrected chi connectivity index (χ4v) is 6.05. The van der Waals surface area contributed by atoms with Gasteiger partial charge in [0.05, 0.1) is 31.6 Å². The third kappa shape index (κ3) is 9.08. The number of nitrogens with zero attached hydrogens (tertiary/aromatic N) is 2. The van der Waals surface area contributed by atoms with Gasteiger partial charge in [-0.25, -0.2) is 0 Å². The van der Waals surface area contributed by atoms with Crippen molar-refractivity contribution in [2.24, 2.45) is 0 Å². The molecule has 0 aliphatic carbocycles. The predicted molar refractivity (Wildman–Crippen MR) is 193 cm³/mol. The largest absolute Gasteiger partial charge is 0.495 e. The quantitative estimate of drug-likeness (QED) is 0.163. The SMILES string of the molecule is COc1ccccc1N1CCN(CCCNC(=O)c2cccc3c2OC(c2ccccc2)=C(COCc2ccccc2)C3)CC1.Cl.Cl. The smallest absolute Gasteiger partial charge is 0.255 e. The van der Waals surface area contributed by atoms with Crippen LogP contribution in [0.3, 0.4) is 0 Å². The first kappa shape index (κ1) is 35.8. The number of benzene rings is 4. The molecule has 0 radical (unpaired) electrons. The number of anilines is 1. The van der Waals surface area contributed by atoms with Gasteiger partial charge >= 0.3 is 0 Å². The summed E-state index contributed by atoms with van der Waals surface area (Å²) in [4.78, 5) is 18.3. The average Bonchev–Trinajstić information content (AvgIpc) is 3.10. The van der Waals surface area contributed by atoms with Gasteiger partial charge < -0.3 is 24.4 Å². The Morgan fingerprint density at radius 2 is 1.51 bits per heavy atom. The van der Waals surface area contributed by atoms with E-state index < -0.39 is 0 Å². The Bertz CT molecular complexity index is 1610. The van der Waals surface area contributed by atoms with E-state index in [1.165, 1.54) is 0 Å². The van der Waals surface area contributed by atoms with Crippen molar-refractivity contribution in [3.8, 4) is 11.5 Å². The maximum absolute atomic E-state index is 13.4. The number of amides is 1. The molecule has 7 nitrogen and oxygen atoms in total. The van der Waals surface area contributed by atoms with E-state index in [-0.39, 0.29) is 30.7 Å². The van der Waals surface area contributed by atoms with Crippen molar-refractivity contribution in [3.63, 3.8) is 0 Å². The molecule has 0 saturated carbocycles. The zero-order valence-electron chi connectivity index (χ0n) is 26.7. The lowest BCUT2D eigenvalue weighted by molar-refractivity contribution is 0.0949. The van der Waals surface area contributed by atoms with Gasteiger partial charge in [-0.05, 0) is 42.3 Å². The molecule has 4 aromatic rings. The number of rotatable bonds is 12. The predicted octanol–water partition coefficient (Wildman–Crippen LogP) is 7.04. The van der Waals surface area contributed by atoms with Crippen LogP contribution in [-0.4, -0.2) is 63.8 Å². The topological polar surface area (TPSA) is 63.3 Å². The van der Waals surface area contributed by atoms with Crippen molar-refractivity contribution in [3.05, 3.63) is 131 Å². The van der Waals surface area contributed by atoms with Crippen molar-refractivity contribution in [1.29, 1.82) is 0 Å². The number of ether oxygens (including phenoxy) is 3. The summed E-state index contributed by atoms with van der Waals surface area (Å²) in [7, 11) is 1.72. The molecule has 2 aliphatic rings. The van der Waals surface area contributed by atoms with Crippen molar-refractivity contribution in [1.82, 2.24) is 10.2 Å². The van der Waals surface area contributed by atoms with Crippen LogP contribution in [0.25, 0.3) is 5.76 Å². The number of carbonyl (C=O) groups excluding carboxylic acids is 1. The lowest BCUT2D eigenvalue weighted by Gasteiger charge is -2.36. The Morgan fingerprint density at radius 1 is 0.809 bits per heavy atom. The summed E-state index contributed by atoms with van der Waals surface area (Å²) < 4.78 is 18.2. The van der Waals surface area contributed by atoms with Crippen molar-refractivity contribution < 1.29 is 19.0 Å². The third-order valence-electron chi connectivity index (χ3n) is 8.43. The van der Waals surface area contributed by atoms with E-state index in [9.17, 15) is 4.79 Å². The highest BCUT2D eigenvalue weighted by Crippen LogP contribution is 2.37. The van der Waals surface area contributed by atoms with E-state index in [4.69, 9.17) is 14.2 Å². The fourth-order valence-electron chi connectivity index (χ4n) is 6.05. The second kappa shape index (κ2) is 17.8. The minimum absolute atomic E-state index is 0. The number of methoxy groups -OCH3 is 1. The van der Waals surface area contributed by atoms with Gasteiger partial charge in [-0.2, -0.15) is 0 Å². The number of hydrogen-bond donors (Lipinski definition) is 1. The molecular formula is C38H43Cl2N3O4. The van der Waals surface area contributed by atoms with Crippen LogP contribution in [0, 0.1) is 0 Å². The molecule has 0 bridgehead atoms. The molecule has 1 fully saturated rings. The van der Waals surface area contributed by atoms with Gasteiger partial charge in [0.25, 0.3) is 5.91 Å². The number of nitrogens with one attached hydrogen (secondary N) is 1. The number of para-hydroxylation sites is 3. The molecule has 0 spiro atoms. The van der Waals surface area contributed by atoms with Crippen LogP contribution >= 0.6 is 24.8 Å². The first-order chi connectivity index (χ1) is 22.2. The highest BCUT2D eigenvalue weighted by atomic mass is 35.5. The van der Waals surface area contributed by atoms with Crippen molar-refractivity contribution >= 4 is 42.2 Å². The molecule has 9 heteroatoms. The Morgan fingerprint density at radius 3 is 2.26 bits per heavy atom. The molecule has 47 heavy (non-hydrogen) atoms. The molecule has 4 aromatic carbocycles. The summed E-state index contributed by atoms with van der Waals surface area (Å²) in [5.41, 5.74) is 5.88. The molecule has 0 atom stereocenters. The normalized spacial score (nSPS) is 14.3. The van der Waals surface area contributed by atoms with Crippen molar-refractivity contribution in [2.75, 3.05) is 57.9 Å². The van der Waals surface area contributed by atoms with Gasteiger partial charge in [-0.1, -0.05) is 84.9 Å². The summed E-state index contributed by atoms with van der Waals surface area (Å²) in [6, 6.07) is 34.3. The molecular weight excluding hydrogens is 633 g/mol. The zero-order valence-corrected chi connectivity index (χ0v) is 28.4. The molecule has 0 aromatic heterocycles. The van der Waals surface area contributed by atoms with Gasteiger partial charge in [-0.3, -0.25) is 9.69 Å². The minimum Gasteiger partial charge on any atom is -0.495 e. The Labute approximate surface area is 290 Å². The fraction of sp³-hybridized carbons (Fsp3) is 0.289. The molecule has 1 amide bonds. The molecule has 6 rings (SSSR count). The summed E-state index contributed by atoms with van der Waals surface area (Å²) in [6.45, 7) is 6.40. The molecule has 1 saturated heterocycles. The van der Waals surface area contributed by atoms with E-state index in [1.54, 1.807) is 7.11 Å². The van der Waals surface area contributed by atoms with E-state index in [1.807, 2.05) is 78.9 Å². The minimum atomic E-state index is -0.107. The van der Waals surface area contributed by atoms with E-state index in [0.29, 0.717) is 37.5 Å². The van der Waals surface area contributed by atoms with Crippen LogP contribution in [-0.2, 0) is 17.8 Å². The van der Waals surface area contributed by atoms with Crippen molar-refractivity contribution in [2.45, 2.75) is 19.4 Å². The number of piperazine rings is 1. The van der Waals surface area contributed by atoms with E-state index in [2.05, 4.69) is 39.4 Å². The third-order valence-corrected chi connectivity index (χ3v) is 8.43. The van der Waals surface area contributed by atoms with Crippen LogP contribution in [0.4, 0.5) is 5.69 Å².